The van der Waals surface area contributed by atoms with E-state index in [4.69, 9.17) is 10.5 Å². The molecule has 2 rings (SSSR count). The molecule has 0 fully saturated rings. The quantitative estimate of drug-likeness (QED) is 0.927. The van der Waals surface area contributed by atoms with Crippen molar-refractivity contribution in [3.05, 3.63) is 59.4 Å². The van der Waals surface area contributed by atoms with Gasteiger partial charge in [0.25, 0.3) is 0 Å². The Morgan fingerprint density at radius 2 is 1.68 bits per heavy atom. The van der Waals surface area contributed by atoms with Gasteiger partial charge in [0, 0.05) is 12.3 Å². The molecule has 1 unspecified atom stereocenters. The van der Waals surface area contributed by atoms with Crippen LogP contribution < -0.4 is 10.5 Å². The van der Waals surface area contributed by atoms with Gasteiger partial charge in [0.1, 0.15) is 17.4 Å². The van der Waals surface area contributed by atoms with Crippen LogP contribution in [0.3, 0.4) is 0 Å². The number of nitrogens with two attached hydrogens (primary N) is 1. The first-order valence-corrected chi connectivity index (χ1v) is 5.68. The monoisotopic (exact) mass is 264 g/mol. The molecule has 100 valence electrons. The molecule has 0 aliphatic heterocycles. The molecule has 3 nitrogen and oxygen atoms in total. The summed E-state index contributed by atoms with van der Waals surface area (Å²) in [4.78, 5) is 4.00. The molecule has 1 aromatic carbocycles. The Morgan fingerprint density at radius 3 is 2.26 bits per heavy atom. The normalized spacial score (nSPS) is 13.9. The lowest BCUT2D eigenvalue weighted by atomic mass is 9.86. The van der Waals surface area contributed by atoms with E-state index in [1.54, 1.807) is 19.2 Å². The van der Waals surface area contributed by atoms with Gasteiger partial charge in [0.2, 0.25) is 0 Å². The molecule has 1 heterocycles. The van der Waals surface area contributed by atoms with Gasteiger partial charge in [-0.25, -0.2) is 8.78 Å². The van der Waals surface area contributed by atoms with Gasteiger partial charge in [-0.2, -0.15) is 0 Å². The summed E-state index contributed by atoms with van der Waals surface area (Å²) in [6.45, 7) is 1.66. The van der Waals surface area contributed by atoms with Crippen molar-refractivity contribution < 1.29 is 13.5 Å². The highest BCUT2D eigenvalue weighted by molar-refractivity contribution is 5.38. The van der Waals surface area contributed by atoms with Crippen molar-refractivity contribution in [2.75, 3.05) is 7.11 Å². The van der Waals surface area contributed by atoms with Crippen LogP contribution in [0, 0.1) is 11.6 Å². The number of rotatable bonds is 3. The number of hydrogen-bond donors (Lipinski definition) is 1. The molecule has 1 aromatic heterocycles. The fraction of sp³-hybridized carbons (Fsp3) is 0.214. The molecule has 2 N–H and O–H groups in total. The van der Waals surface area contributed by atoms with Crippen LogP contribution in [-0.2, 0) is 5.54 Å². The number of ether oxygens (including phenoxy) is 1. The highest BCUT2D eigenvalue weighted by Crippen LogP contribution is 2.29. The molecule has 19 heavy (non-hydrogen) atoms. The minimum absolute atomic E-state index is 0.333. The molecule has 0 spiro atoms. The Kier molecular flexibility index (Phi) is 3.48. The van der Waals surface area contributed by atoms with Crippen LogP contribution in [0.15, 0.2) is 36.7 Å². The Hall–Kier alpha value is -2.01. The molecular formula is C14H14F2N2O. The predicted molar refractivity (Wildman–Crippen MR) is 67.8 cm³/mol. The van der Waals surface area contributed by atoms with Gasteiger partial charge in [-0.15, -0.1) is 0 Å². The average molecular weight is 264 g/mol. The third kappa shape index (κ3) is 2.71. The number of aromatic nitrogens is 1. The van der Waals surface area contributed by atoms with Crippen molar-refractivity contribution >= 4 is 0 Å². The SMILES string of the molecule is COc1cncc(C(C)(N)c2cc(F)cc(F)c2)c1. The molecule has 0 amide bonds. The number of benzene rings is 1. The lowest BCUT2D eigenvalue weighted by Gasteiger charge is -2.26. The molecule has 1 atom stereocenters. The maximum Gasteiger partial charge on any atom is 0.137 e. The average Bonchev–Trinajstić information content (AvgIpc) is 2.37. The Balaban J connectivity index is 2.50. The fourth-order valence-corrected chi connectivity index (χ4v) is 1.83. The highest BCUT2D eigenvalue weighted by Gasteiger charge is 2.26. The van der Waals surface area contributed by atoms with Crippen LogP contribution in [0.5, 0.6) is 5.75 Å². The van der Waals surface area contributed by atoms with E-state index in [0.717, 1.165) is 6.07 Å². The van der Waals surface area contributed by atoms with E-state index in [1.807, 2.05) is 0 Å². The Morgan fingerprint density at radius 1 is 1.05 bits per heavy atom. The molecule has 0 aliphatic carbocycles. The maximum absolute atomic E-state index is 13.3. The van der Waals surface area contributed by atoms with Gasteiger partial charge in [-0.3, -0.25) is 4.98 Å². The minimum atomic E-state index is -1.07. The molecule has 0 bridgehead atoms. The second-order valence-electron chi connectivity index (χ2n) is 4.47. The van der Waals surface area contributed by atoms with Crippen molar-refractivity contribution in [2.24, 2.45) is 5.73 Å². The van der Waals surface area contributed by atoms with E-state index in [1.165, 1.54) is 25.4 Å². The zero-order chi connectivity index (χ0) is 14.0. The van der Waals surface area contributed by atoms with Crippen LogP contribution in [0.4, 0.5) is 8.78 Å². The second kappa shape index (κ2) is 4.93. The molecule has 0 saturated heterocycles. The molecule has 0 saturated carbocycles. The number of nitrogens with zero attached hydrogens (tertiary/aromatic N) is 1. The zero-order valence-corrected chi connectivity index (χ0v) is 10.7. The topological polar surface area (TPSA) is 48.1 Å². The summed E-state index contributed by atoms with van der Waals surface area (Å²) in [5, 5.41) is 0. The van der Waals surface area contributed by atoms with Crippen LogP contribution in [0.2, 0.25) is 0 Å². The minimum Gasteiger partial charge on any atom is -0.495 e. The number of hydrogen-bond acceptors (Lipinski definition) is 3. The summed E-state index contributed by atoms with van der Waals surface area (Å²) in [6.07, 6.45) is 3.08. The lowest BCUT2D eigenvalue weighted by Crippen LogP contribution is -2.34. The van der Waals surface area contributed by atoms with E-state index in [-0.39, 0.29) is 0 Å². The predicted octanol–water partition coefficient (Wildman–Crippen LogP) is 2.59. The van der Waals surface area contributed by atoms with Crippen LogP contribution in [0.1, 0.15) is 18.1 Å². The van der Waals surface area contributed by atoms with Crippen molar-refractivity contribution in [3.8, 4) is 5.75 Å². The first-order chi connectivity index (χ1) is 8.93. The molecule has 2 aromatic rings. The van der Waals surface area contributed by atoms with Crippen molar-refractivity contribution in [3.63, 3.8) is 0 Å². The third-order valence-electron chi connectivity index (χ3n) is 3.01. The molecule has 0 aliphatic rings. The Bertz CT molecular complexity index is 579. The molecule has 0 radical (unpaired) electrons. The largest absolute Gasteiger partial charge is 0.495 e. The standard InChI is InChI=1S/C14H14F2N2O/c1-14(17,9-3-11(15)6-12(16)4-9)10-5-13(19-2)8-18-7-10/h3-8H,17H2,1-2H3. The van der Waals surface area contributed by atoms with E-state index < -0.39 is 17.2 Å². The van der Waals surface area contributed by atoms with Gasteiger partial charge in [-0.05, 0) is 36.2 Å². The van der Waals surface area contributed by atoms with Gasteiger partial charge < -0.3 is 10.5 Å². The summed E-state index contributed by atoms with van der Waals surface area (Å²) in [5.41, 5.74) is 6.07. The highest BCUT2D eigenvalue weighted by atomic mass is 19.1. The van der Waals surface area contributed by atoms with Crippen molar-refractivity contribution in [1.29, 1.82) is 0 Å². The van der Waals surface area contributed by atoms with E-state index in [0.29, 0.717) is 16.9 Å². The van der Waals surface area contributed by atoms with Crippen molar-refractivity contribution in [1.82, 2.24) is 4.98 Å². The molecule has 5 heteroatoms. The van der Waals surface area contributed by atoms with E-state index in [2.05, 4.69) is 4.98 Å². The van der Waals surface area contributed by atoms with Gasteiger partial charge in [-0.1, -0.05) is 0 Å². The summed E-state index contributed by atoms with van der Waals surface area (Å²) in [6, 6.07) is 4.92. The summed E-state index contributed by atoms with van der Waals surface area (Å²) < 4.78 is 31.6. The number of halogens is 2. The van der Waals surface area contributed by atoms with E-state index >= 15 is 0 Å². The van der Waals surface area contributed by atoms with Gasteiger partial charge >= 0.3 is 0 Å². The maximum atomic E-state index is 13.3. The second-order valence-corrected chi connectivity index (χ2v) is 4.47. The van der Waals surface area contributed by atoms with Crippen LogP contribution in [0.25, 0.3) is 0 Å². The lowest BCUT2D eigenvalue weighted by molar-refractivity contribution is 0.410. The summed E-state index contributed by atoms with van der Waals surface area (Å²) >= 11 is 0. The fourth-order valence-electron chi connectivity index (χ4n) is 1.83. The van der Waals surface area contributed by atoms with E-state index in [9.17, 15) is 8.78 Å². The van der Waals surface area contributed by atoms with Gasteiger partial charge in [0.15, 0.2) is 0 Å². The summed E-state index contributed by atoms with van der Waals surface area (Å²) in [7, 11) is 1.51. The summed E-state index contributed by atoms with van der Waals surface area (Å²) in [5.74, 6) is -0.795. The molecular weight excluding hydrogens is 250 g/mol. The van der Waals surface area contributed by atoms with Crippen LogP contribution in [-0.4, -0.2) is 12.1 Å². The smallest absolute Gasteiger partial charge is 0.137 e. The number of pyridine rings is 1. The zero-order valence-electron chi connectivity index (χ0n) is 10.7. The van der Waals surface area contributed by atoms with Crippen LogP contribution >= 0.6 is 0 Å². The number of methoxy groups -OCH3 is 1. The van der Waals surface area contributed by atoms with Gasteiger partial charge in [0.05, 0.1) is 18.8 Å². The first kappa shape index (κ1) is 13.4. The van der Waals surface area contributed by atoms with Crippen molar-refractivity contribution in [2.45, 2.75) is 12.5 Å². The third-order valence-corrected chi connectivity index (χ3v) is 3.01. The Labute approximate surface area is 110 Å². The first-order valence-electron chi connectivity index (χ1n) is 5.68.